The SMILES string of the molecule is CCSc1ccc(CN(C)C2CCNC2)cc1. The first-order chi connectivity index (χ1) is 8.29. The van der Waals surface area contributed by atoms with E-state index in [9.17, 15) is 0 Å². The molecule has 0 spiro atoms. The van der Waals surface area contributed by atoms with Gasteiger partial charge in [-0.2, -0.15) is 0 Å². The van der Waals surface area contributed by atoms with Crippen LogP contribution in [0.4, 0.5) is 0 Å². The highest BCUT2D eigenvalue weighted by Gasteiger charge is 2.18. The van der Waals surface area contributed by atoms with Gasteiger partial charge in [0.25, 0.3) is 0 Å². The Morgan fingerprint density at radius 3 is 2.71 bits per heavy atom. The van der Waals surface area contributed by atoms with E-state index in [1.165, 1.54) is 23.4 Å². The average molecular weight is 250 g/mol. The van der Waals surface area contributed by atoms with Crippen molar-refractivity contribution >= 4 is 11.8 Å². The van der Waals surface area contributed by atoms with Crippen molar-refractivity contribution < 1.29 is 0 Å². The van der Waals surface area contributed by atoms with Crippen LogP contribution < -0.4 is 5.32 Å². The lowest BCUT2D eigenvalue weighted by Gasteiger charge is -2.23. The molecule has 2 nitrogen and oxygen atoms in total. The second kappa shape index (κ2) is 6.43. The van der Waals surface area contributed by atoms with Crippen molar-refractivity contribution in [1.29, 1.82) is 0 Å². The van der Waals surface area contributed by atoms with Crippen LogP contribution in [0.5, 0.6) is 0 Å². The van der Waals surface area contributed by atoms with Crippen LogP contribution in [0.25, 0.3) is 0 Å². The Labute approximate surface area is 109 Å². The molecular formula is C14H22N2S. The van der Waals surface area contributed by atoms with E-state index in [0.29, 0.717) is 6.04 Å². The summed E-state index contributed by atoms with van der Waals surface area (Å²) < 4.78 is 0. The summed E-state index contributed by atoms with van der Waals surface area (Å²) >= 11 is 1.90. The average Bonchev–Trinajstić information content (AvgIpc) is 2.86. The zero-order chi connectivity index (χ0) is 12.1. The lowest BCUT2D eigenvalue weighted by molar-refractivity contribution is 0.249. The van der Waals surface area contributed by atoms with Crippen LogP contribution >= 0.6 is 11.8 Å². The van der Waals surface area contributed by atoms with Gasteiger partial charge in [-0.05, 0) is 43.5 Å². The third-order valence-electron chi connectivity index (χ3n) is 3.32. The summed E-state index contributed by atoms with van der Waals surface area (Å²) in [7, 11) is 2.23. The lowest BCUT2D eigenvalue weighted by Crippen LogP contribution is -2.32. The predicted molar refractivity (Wildman–Crippen MR) is 75.6 cm³/mol. The number of hydrogen-bond donors (Lipinski definition) is 1. The Balaban J connectivity index is 1.89. The molecule has 0 aliphatic carbocycles. The maximum atomic E-state index is 3.42. The minimum Gasteiger partial charge on any atom is -0.315 e. The van der Waals surface area contributed by atoms with Gasteiger partial charge < -0.3 is 5.32 Å². The zero-order valence-electron chi connectivity index (χ0n) is 10.8. The molecule has 1 unspecified atom stereocenters. The van der Waals surface area contributed by atoms with Gasteiger partial charge in [-0.1, -0.05) is 19.1 Å². The summed E-state index contributed by atoms with van der Waals surface area (Å²) in [5.41, 5.74) is 1.42. The number of nitrogens with zero attached hydrogens (tertiary/aromatic N) is 1. The maximum Gasteiger partial charge on any atom is 0.0234 e. The molecule has 1 aromatic carbocycles. The Kier molecular flexibility index (Phi) is 4.89. The Hall–Kier alpha value is -0.510. The minimum atomic E-state index is 0.708. The zero-order valence-corrected chi connectivity index (χ0v) is 11.6. The minimum absolute atomic E-state index is 0.708. The number of nitrogens with one attached hydrogen (secondary N) is 1. The summed E-state index contributed by atoms with van der Waals surface area (Å²) in [6, 6.07) is 9.71. The predicted octanol–water partition coefficient (Wildman–Crippen LogP) is 2.59. The summed E-state index contributed by atoms with van der Waals surface area (Å²) in [5, 5.41) is 3.42. The summed E-state index contributed by atoms with van der Waals surface area (Å²) in [5.74, 6) is 1.15. The molecule has 1 N–H and O–H groups in total. The first kappa shape index (κ1) is 12.9. The van der Waals surface area contributed by atoms with E-state index in [1.54, 1.807) is 0 Å². The summed E-state index contributed by atoms with van der Waals surface area (Å²) in [6.07, 6.45) is 1.28. The fourth-order valence-corrected chi connectivity index (χ4v) is 2.95. The van der Waals surface area contributed by atoms with Crippen molar-refractivity contribution in [2.24, 2.45) is 0 Å². The van der Waals surface area contributed by atoms with Gasteiger partial charge in [0.2, 0.25) is 0 Å². The highest BCUT2D eigenvalue weighted by atomic mass is 32.2. The van der Waals surface area contributed by atoms with Gasteiger partial charge in [0, 0.05) is 24.0 Å². The molecule has 1 heterocycles. The van der Waals surface area contributed by atoms with Crippen molar-refractivity contribution in [1.82, 2.24) is 10.2 Å². The van der Waals surface area contributed by atoms with E-state index in [4.69, 9.17) is 0 Å². The van der Waals surface area contributed by atoms with Crippen LogP contribution in [0.15, 0.2) is 29.2 Å². The normalized spacial score (nSPS) is 20.1. The number of hydrogen-bond acceptors (Lipinski definition) is 3. The van der Waals surface area contributed by atoms with E-state index < -0.39 is 0 Å². The highest BCUT2D eigenvalue weighted by Crippen LogP contribution is 2.19. The number of likely N-dealkylation sites (N-methyl/N-ethyl adjacent to an activating group) is 1. The quantitative estimate of drug-likeness (QED) is 0.809. The molecule has 1 aliphatic heterocycles. The molecule has 0 amide bonds. The van der Waals surface area contributed by atoms with Crippen LogP contribution in [-0.2, 0) is 6.54 Å². The lowest BCUT2D eigenvalue weighted by atomic mass is 10.1. The van der Waals surface area contributed by atoms with Crippen LogP contribution in [0.1, 0.15) is 18.9 Å². The van der Waals surface area contributed by atoms with Gasteiger partial charge in [-0.3, -0.25) is 4.90 Å². The van der Waals surface area contributed by atoms with E-state index >= 15 is 0 Å². The first-order valence-corrected chi connectivity index (χ1v) is 7.41. The molecule has 0 saturated carbocycles. The van der Waals surface area contributed by atoms with Gasteiger partial charge >= 0.3 is 0 Å². The van der Waals surface area contributed by atoms with E-state index in [1.807, 2.05) is 11.8 Å². The second-order valence-electron chi connectivity index (χ2n) is 4.64. The molecule has 94 valence electrons. The van der Waals surface area contributed by atoms with Gasteiger partial charge in [0.05, 0.1) is 0 Å². The number of thioether (sulfide) groups is 1. The molecule has 1 aliphatic rings. The fraction of sp³-hybridized carbons (Fsp3) is 0.571. The van der Waals surface area contributed by atoms with Crippen molar-refractivity contribution in [3.05, 3.63) is 29.8 Å². The molecule has 1 fully saturated rings. The largest absolute Gasteiger partial charge is 0.315 e. The van der Waals surface area contributed by atoms with Gasteiger partial charge in [-0.25, -0.2) is 0 Å². The smallest absolute Gasteiger partial charge is 0.0234 e. The van der Waals surface area contributed by atoms with E-state index in [-0.39, 0.29) is 0 Å². The van der Waals surface area contributed by atoms with Crippen molar-refractivity contribution in [3.63, 3.8) is 0 Å². The maximum absolute atomic E-state index is 3.42. The Morgan fingerprint density at radius 1 is 1.35 bits per heavy atom. The molecule has 0 aromatic heterocycles. The Morgan fingerprint density at radius 2 is 2.12 bits per heavy atom. The van der Waals surface area contributed by atoms with Gasteiger partial charge in [-0.15, -0.1) is 11.8 Å². The molecule has 0 bridgehead atoms. The molecule has 1 saturated heterocycles. The van der Waals surface area contributed by atoms with Crippen molar-refractivity contribution in [3.8, 4) is 0 Å². The second-order valence-corrected chi connectivity index (χ2v) is 5.98. The van der Waals surface area contributed by atoms with Gasteiger partial charge in [0.1, 0.15) is 0 Å². The molecule has 1 aromatic rings. The third kappa shape index (κ3) is 3.73. The number of rotatable bonds is 5. The molecule has 0 radical (unpaired) electrons. The van der Waals surface area contributed by atoms with Crippen LogP contribution in [0.3, 0.4) is 0 Å². The molecule has 3 heteroatoms. The van der Waals surface area contributed by atoms with Crippen molar-refractivity contribution in [2.45, 2.75) is 30.8 Å². The summed E-state index contributed by atoms with van der Waals surface area (Å²) in [6.45, 7) is 5.56. The van der Waals surface area contributed by atoms with Crippen LogP contribution in [0, 0.1) is 0 Å². The Bertz CT molecular complexity index is 331. The topological polar surface area (TPSA) is 15.3 Å². The van der Waals surface area contributed by atoms with Crippen LogP contribution in [0.2, 0.25) is 0 Å². The first-order valence-electron chi connectivity index (χ1n) is 6.42. The standard InChI is InChI=1S/C14H22N2S/c1-3-17-14-6-4-12(5-7-14)11-16(2)13-8-9-15-10-13/h4-7,13,15H,3,8-11H2,1-2H3. The molecule has 2 rings (SSSR count). The van der Waals surface area contributed by atoms with Crippen molar-refractivity contribution in [2.75, 3.05) is 25.9 Å². The van der Waals surface area contributed by atoms with Gasteiger partial charge in [0.15, 0.2) is 0 Å². The molecular weight excluding hydrogens is 228 g/mol. The van der Waals surface area contributed by atoms with E-state index in [2.05, 4.69) is 48.5 Å². The van der Waals surface area contributed by atoms with E-state index in [0.717, 1.165) is 18.8 Å². The van der Waals surface area contributed by atoms with Crippen LogP contribution in [-0.4, -0.2) is 36.8 Å². The molecule has 1 atom stereocenters. The fourth-order valence-electron chi connectivity index (χ4n) is 2.29. The summed E-state index contributed by atoms with van der Waals surface area (Å²) in [4.78, 5) is 3.84. The number of benzene rings is 1. The third-order valence-corrected chi connectivity index (χ3v) is 4.22. The highest BCUT2D eigenvalue weighted by molar-refractivity contribution is 7.99. The monoisotopic (exact) mass is 250 g/mol. The molecule has 17 heavy (non-hydrogen) atoms.